The molecule has 1 heterocycles. The molecule has 0 aromatic rings. The maximum Gasteiger partial charge on any atom is 0.242 e. The van der Waals surface area contributed by atoms with E-state index in [2.05, 4.69) is 17.6 Å². The number of nitrogens with zero attached hydrogens (tertiary/aromatic N) is 1. The Hall–Kier alpha value is -1.10. The van der Waals surface area contributed by atoms with Crippen LogP contribution < -0.4 is 10.6 Å². The summed E-state index contributed by atoms with van der Waals surface area (Å²) in [6, 6.07) is -0.247. The van der Waals surface area contributed by atoms with E-state index in [4.69, 9.17) is 0 Å². The van der Waals surface area contributed by atoms with Crippen molar-refractivity contribution in [2.75, 3.05) is 26.7 Å². The van der Waals surface area contributed by atoms with E-state index < -0.39 is 0 Å². The SMILES string of the molecule is CCCCCCCCCCCC(=O)N1CCCC1C(=O)NCCNC. The number of rotatable bonds is 14. The number of carbonyl (C=O) groups excluding carboxylic acids is 2. The predicted octanol–water partition coefficient (Wildman–Crippen LogP) is 3.23. The second-order valence-corrected chi connectivity index (χ2v) is 7.22. The van der Waals surface area contributed by atoms with Gasteiger partial charge in [-0.1, -0.05) is 58.3 Å². The molecule has 1 unspecified atom stereocenters. The summed E-state index contributed by atoms with van der Waals surface area (Å²) >= 11 is 0. The molecule has 2 N–H and O–H groups in total. The van der Waals surface area contributed by atoms with Crippen LogP contribution in [0.2, 0.25) is 0 Å². The third kappa shape index (κ3) is 9.24. The van der Waals surface area contributed by atoms with Gasteiger partial charge in [-0.15, -0.1) is 0 Å². The molecule has 1 rings (SSSR count). The summed E-state index contributed by atoms with van der Waals surface area (Å²) in [5.74, 6) is 0.169. The van der Waals surface area contributed by atoms with Gasteiger partial charge in [0.25, 0.3) is 0 Å². The molecule has 1 atom stereocenters. The van der Waals surface area contributed by atoms with Crippen molar-refractivity contribution in [3.63, 3.8) is 0 Å². The van der Waals surface area contributed by atoms with Crippen molar-refractivity contribution in [1.82, 2.24) is 15.5 Å². The van der Waals surface area contributed by atoms with Crippen LogP contribution in [0.15, 0.2) is 0 Å². The van der Waals surface area contributed by atoms with Gasteiger partial charge in [-0.05, 0) is 26.3 Å². The summed E-state index contributed by atoms with van der Waals surface area (Å²) in [7, 11) is 1.86. The number of carbonyl (C=O) groups is 2. The summed E-state index contributed by atoms with van der Waals surface area (Å²) in [6.45, 7) is 4.35. The van der Waals surface area contributed by atoms with E-state index in [0.29, 0.717) is 13.0 Å². The summed E-state index contributed by atoms with van der Waals surface area (Å²) in [5, 5.41) is 5.93. The number of amides is 2. The highest BCUT2D eigenvalue weighted by Crippen LogP contribution is 2.19. The Morgan fingerprint density at radius 2 is 1.60 bits per heavy atom. The van der Waals surface area contributed by atoms with Crippen molar-refractivity contribution in [1.29, 1.82) is 0 Å². The lowest BCUT2D eigenvalue weighted by atomic mass is 10.1. The lowest BCUT2D eigenvalue weighted by Gasteiger charge is -2.24. The first-order chi connectivity index (χ1) is 12.2. The van der Waals surface area contributed by atoms with Crippen molar-refractivity contribution in [2.45, 2.75) is 90.0 Å². The highest BCUT2D eigenvalue weighted by atomic mass is 16.2. The van der Waals surface area contributed by atoms with Crippen molar-refractivity contribution in [3.05, 3.63) is 0 Å². The van der Waals surface area contributed by atoms with Crippen molar-refractivity contribution in [3.8, 4) is 0 Å². The highest BCUT2D eigenvalue weighted by molar-refractivity contribution is 5.88. The van der Waals surface area contributed by atoms with Crippen LogP contribution in [0.1, 0.15) is 84.0 Å². The number of likely N-dealkylation sites (tertiary alicyclic amines) is 1. The Bertz CT molecular complexity index is 374. The van der Waals surface area contributed by atoms with Crippen LogP contribution in [0.3, 0.4) is 0 Å². The fraction of sp³-hybridized carbons (Fsp3) is 0.900. The van der Waals surface area contributed by atoms with Gasteiger partial charge in [-0.3, -0.25) is 9.59 Å². The van der Waals surface area contributed by atoms with Crippen molar-refractivity contribution >= 4 is 11.8 Å². The molecule has 1 aliphatic heterocycles. The van der Waals surface area contributed by atoms with Crippen LogP contribution in [0, 0.1) is 0 Å². The average molecular weight is 354 g/mol. The first-order valence-corrected chi connectivity index (χ1v) is 10.4. The van der Waals surface area contributed by atoms with Gasteiger partial charge in [-0.25, -0.2) is 0 Å². The molecule has 5 nitrogen and oxygen atoms in total. The molecule has 1 fully saturated rings. The summed E-state index contributed by atoms with van der Waals surface area (Å²) in [5.41, 5.74) is 0. The van der Waals surface area contributed by atoms with E-state index in [9.17, 15) is 9.59 Å². The Morgan fingerprint density at radius 1 is 0.960 bits per heavy atom. The van der Waals surface area contributed by atoms with E-state index in [1.165, 1.54) is 44.9 Å². The maximum absolute atomic E-state index is 12.4. The van der Waals surface area contributed by atoms with E-state index in [-0.39, 0.29) is 17.9 Å². The maximum atomic E-state index is 12.4. The molecule has 0 spiro atoms. The lowest BCUT2D eigenvalue weighted by molar-refractivity contribution is -0.138. The average Bonchev–Trinajstić information content (AvgIpc) is 3.10. The molecular weight excluding hydrogens is 314 g/mol. The molecule has 0 aliphatic carbocycles. The van der Waals surface area contributed by atoms with Crippen LogP contribution in [-0.2, 0) is 9.59 Å². The van der Waals surface area contributed by atoms with Gasteiger partial charge >= 0.3 is 0 Å². The van der Waals surface area contributed by atoms with Gasteiger partial charge in [0.15, 0.2) is 0 Å². The Kier molecular flexibility index (Phi) is 12.4. The second kappa shape index (κ2) is 14.1. The fourth-order valence-corrected chi connectivity index (χ4v) is 3.50. The highest BCUT2D eigenvalue weighted by Gasteiger charge is 2.33. The fourth-order valence-electron chi connectivity index (χ4n) is 3.50. The van der Waals surface area contributed by atoms with E-state index in [1.807, 2.05) is 7.05 Å². The molecule has 1 aliphatic rings. The lowest BCUT2D eigenvalue weighted by Crippen LogP contribution is -2.47. The number of unbranched alkanes of at least 4 members (excludes halogenated alkanes) is 8. The standard InChI is InChI=1S/C20H39N3O2/c1-3-4-5-6-7-8-9-10-11-14-19(24)23-17-12-13-18(23)20(25)22-16-15-21-2/h18,21H,3-17H2,1-2H3,(H,22,25). The Balaban J connectivity index is 2.13. The molecule has 0 saturated carbocycles. The van der Waals surface area contributed by atoms with Gasteiger partial charge in [0, 0.05) is 26.1 Å². The van der Waals surface area contributed by atoms with Gasteiger partial charge in [0.1, 0.15) is 6.04 Å². The molecule has 146 valence electrons. The van der Waals surface area contributed by atoms with E-state index in [1.54, 1.807) is 4.90 Å². The third-order valence-electron chi connectivity index (χ3n) is 5.04. The minimum absolute atomic E-state index is 0.00757. The zero-order valence-electron chi connectivity index (χ0n) is 16.4. The molecule has 0 aromatic carbocycles. The Labute approximate surface area is 154 Å². The zero-order valence-corrected chi connectivity index (χ0v) is 16.4. The third-order valence-corrected chi connectivity index (χ3v) is 5.04. The largest absolute Gasteiger partial charge is 0.353 e. The van der Waals surface area contributed by atoms with Crippen LogP contribution in [0.5, 0.6) is 0 Å². The van der Waals surface area contributed by atoms with Crippen molar-refractivity contribution < 1.29 is 9.59 Å². The number of nitrogens with one attached hydrogen (secondary N) is 2. The van der Waals surface area contributed by atoms with Crippen LogP contribution in [-0.4, -0.2) is 49.4 Å². The molecule has 1 saturated heterocycles. The van der Waals surface area contributed by atoms with Crippen LogP contribution in [0.25, 0.3) is 0 Å². The molecule has 2 amide bonds. The molecular formula is C20H39N3O2. The number of hydrogen-bond acceptors (Lipinski definition) is 3. The second-order valence-electron chi connectivity index (χ2n) is 7.22. The monoisotopic (exact) mass is 353 g/mol. The van der Waals surface area contributed by atoms with E-state index in [0.717, 1.165) is 38.8 Å². The molecule has 25 heavy (non-hydrogen) atoms. The number of likely N-dealkylation sites (N-methyl/N-ethyl adjacent to an activating group) is 1. The minimum atomic E-state index is -0.247. The topological polar surface area (TPSA) is 61.4 Å². The molecule has 0 aromatic heterocycles. The van der Waals surface area contributed by atoms with Crippen LogP contribution in [0.4, 0.5) is 0 Å². The summed E-state index contributed by atoms with van der Waals surface area (Å²) in [4.78, 5) is 26.5. The van der Waals surface area contributed by atoms with Gasteiger partial charge in [0.05, 0.1) is 0 Å². The minimum Gasteiger partial charge on any atom is -0.353 e. The smallest absolute Gasteiger partial charge is 0.242 e. The van der Waals surface area contributed by atoms with Crippen LogP contribution >= 0.6 is 0 Å². The zero-order chi connectivity index (χ0) is 18.3. The molecule has 0 bridgehead atoms. The van der Waals surface area contributed by atoms with E-state index >= 15 is 0 Å². The summed E-state index contributed by atoms with van der Waals surface area (Å²) < 4.78 is 0. The number of hydrogen-bond donors (Lipinski definition) is 2. The first-order valence-electron chi connectivity index (χ1n) is 10.4. The van der Waals surface area contributed by atoms with Gasteiger partial charge in [-0.2, -0.15) is 0 Å². The van der Waals surface area contributed by atoms with Gasteiger partial charge < -0.3 is 15.5 Å². The van der Waals surface area contributed by atoms with Crippen molar-refractivity contribution in [2.24, 2.45) is 0 Å². The first kappa shape index (κ1) is 21.9. The molecule has 5 heteroatoms. The van der Waals surface area contributed by atoms with Gasteiger partial charge in [0.2, 0.25) is 11.8 Å². The normalized spacial score (nSPS) is 17.0. The Morgan fingerprint density at radius 3 is 2.24 bits per heavy atom. The summed E-state index contributed by atoms with van der Waals surface area (Å²) in [6.07, 6.45) is 13.6. The molecule has 0 radical (unpaired) electrons. The quantitative estimate of drug-likeness (QED) is 0.471. The predicted molar refractivity (Wildman–Crippen MR) is 104 cm³/mol.